The fraction of sp³-hybridized carbons (Fsp3) is 0.412. The van der Waals surface area contributed by atoms with Crippen molar-refractivity contribution in [2.75, 3.05) is 18.8 Å². The summed E-state index contributed by atoms with van der Waals surface area (Å²) in [6.07, 6.45) is 4.48. The van der Waals surface area contributed by atoms with Crippen LogP contribution in [0.2, 0.25) is 0 Å². The van der Waals surface area contributed by atoms with Crippen molar-refractivity contribution in [3.05, 3.63) is 48.3 Å². The number of para-hydroxylation sites is 1. The second kappa shape index (κ2) is 7.37. The molecule has 1 aliphatic rings. The first-order valence-corrected chi connectivity index (χ1v) is 9.99. The van der Waals surface area contributed by atoms with Crippen LogP contribution < -0.4 is 5.32 Å². The standard InChI is InChI=1S/C17H22N4O3S/c1-2-25(23,24)20-10-8-15(9-11-20)19-17(22)14-12-18-21(13-14)16-6-4-3-5-7-16/h3-7,12-13,15H,2,8-11H2,1H3,(H,19,22). The highest BCUT2D eigenvalue weighted by Crippen LogP contribution is 2.15. The van der Waals surface area contributed by atoms with E-state index in [2.05, 4.69) is 10.4 Å². The highest BCUT2D eigenvalue weighted by Gasteiger charge is 2.27. The van der Waals surface area contributed by atoms with Gasteiger partial charge in [-0.15, -0.1) is 0 Å². The maximum atomic E-state index is 12.4. The number of hydrogen-bond acceptors (Lipinski definition) is 4. The fourth-order valence-corrected chi connectivity index (χ4v) is 4.02. The highest BCUT2D eigenvalue weighted by atomic mass is 32.2. The Morgan fingerprint density at radius 2 is 1.92 bits per heavy atom. The van der Waals surface area contributed by atoms with Gasteiger partial charge < -0.3 is 5.32 Å². The first-order valence-electron chi connectivity index (χ1n) is 8.38. The van der Waals surface area contributed by atoms with Crippen LogP contribution >= 0.6 is 0 Å². The number of carbonyl (C=O) groups excluding carboxylic acids is 1. The second-order valence-corrected chi connectivity index (χ2v) is 8.31. The molecule has 0 aliphatic carbocycles. The molecule has 1 aliphatic heterocycles. The molecule has 2 heterocycles. The van der Waals surface area contributed by atoms with E-state index < -0.39 is 10.0 Å². The van der Waals surface area contributed by atoms with Gasteiger partial charge in [-0.05, 0) is 31.9 Å². The van der Waals surface area contributed by atoms with Crippen molar-refractivity contribution >= 4 is 15.9 Å². The minimum absolute atomic E-state index is 0.0177. The molecule has 0 radical (unpaired) electrons. The number of carbonyl (C=O) groups is 1. The molecule has 7 nitrogen and oxygen atoms in total. The summed E-state index contributed by atoms with van der Waals surface area (Å²) in [7, 11) is -3.15. The van der Waals surface area contributed by atoms with Gasteiger partial charge in [-0.3, -0.25) is 4.79 Å². The lowest BCUT2D eigenvalue weighted by Gasteiger charge is -2.31. The molecule has 0 atom stereocenters. The molecule has 1 aromatic heterocycles. The van der Waals surface area contributed by atoms with Gasteiger partial charge in [0.15, 0.2) is 0 Å². The molecule has 1 fully saturated rings. The molecular weight excluding hydrogens is 340 g/mol. The van der Waals surface area contributed by atoms with Crippen molar-refractivity contribution in [1.82, 2.24) is 19.4 Å². The average molecular weight is 362 g/mol. The molecular formula is C17H22N4O3S. The molecule has 0 saturated carbocycles. The van der Waals surface area contributed by atoms with Crippen LogP contribution in [-0.4, -0.2) is 53.3 Å². The van der Waals surface area contributed by atoms with Crippen LogP contribution in [0.15, 0.2) is 42.7 Å². The predicted octanol–water partition coefficient (Wildman–Crippen LogP) is 1.42. The second-order valence-electron chi connectivity index (χ2n) is 6.06. The number of piperidine rings is 1. The topological polar surface area (TPSA) is 84.3 Å². The molecule has 2 aromatic rings. The van der Waals surface area contributed by atoms with E-state index in [1.165, 1.54) is 4.31 Å². The number of aromatic nitrogens is 2. The molecule has 0 bridgehead atoms. The summed E-state index contributed by atoms with van der Waals surface area (Å²) >= 11 is 0. The summed E-state index contributed by atoms with van der Waals surface area (Å²) in [5.41, 5.74) is 1.38. The Balaban J connectivity index is 1.58. The monoisotopic (exact) mass is 362 g/mol. The van der Waals surface area contributed by atoms with Crippen molar-refractivity contribution in [3.8, 4) is 5.69 Å². The van der Waals surface area contributed by atoms with E-state index in [0.717, 1.165) is 5.69 Å². The maximum absolute atomic E-state index is 12.4. The number of rotatable bonds is 5. The van der Waals surface area contributed by atoms with Gasteiger partial charge in [-0.1, -0.05) is 18.2 Å². The molecule has 1 aromatic carbocycles. The van der Waals surface area contributed by atoms with Gasteiger partial charge in [0.05, 0.1) is 23.2 Å². The molecule has 8 heteroatoms. The Hall–Kier alpha value is -2.19. The van der Waals surface area contributed by atoms with Crippen LogP contribution in [0, 0.1) is 0 Å². The number of amides is 1. The summed E-state index contributed by atoms with van der Waals surface area (Å²) in [5.74, 6) is -0.0677. The zero-order chi connectivity index (χ0) is 17.9. The number of nitrogens with one attached hydrogen (secondary N) is 1. The third-order valence-corrected chi connectivity index (χ3v) is 6.29. The van der Waals surface area contributed by atoms with Crippen LogP contribution in [0.1, 0.15) is 30.1 Å². The lowest BCUT2D eigenvalue weighted by molar-refractivity contribution is 0.0924. The summed E-state index contributed by atoms with van der Waals surface area (Å²) in [6.45, 7) is 2.54. The Morgan fingerprint density at radius 1 is 1.24 bits per heavy atom. The van der Waals surface area contributed by atoms with Crippen molar-refractivity contribution in [2.45, 2.75) is 25.8 Å². The summed E-state index contributed by atoms with van der Waals surface area (Å²) in [4.78, 5) is 12.4. The Morgan fingerprint density at radius 3 is 2.56 bits per heavy atom. The molecule has 1 amide bonds. The SMILES string of the molecule is CCS(=O)(=O)N1CCC(NC(=O)c2cnn(-c3ccccc3)c2)CC1. The Bertz CT molecular complexity index is 825. The molecule has 0 spiro atoms. The third kappa shape index (κ3) is 4.08. The van der Waals surface area contributed by atoms with Gasteiger partial charge in [0.1, 0.15) is 0 Å². The van der Waals surface area contributed by atoms with Crippen LogP contribution in [0.3, 0.4) is 0 Å². The quantitative estimate of drug-likeness (QED) is 0.872. The number of sulfonamides is 1. The predicted molar refractivity (Wildman–Crippen MR) is 95.1 cm³/mol. The van der Waals surface area contributed by atoms with Crippen molar-refractivity contribution in [1.29, 1.82) is 0 Å². The minimum Gasteiger partial charge on any atom is -0.349 e. The third-order valence-electron chi connectivity index (χ3n) is 4.41. The zero-order valence-corrected chi connectivity index (χ0v) is 14.9. The molecule has 25 heavy (non-hydrogen) atoms. The number of hydrogen-bond donors (Lipinski definition) is 1. The van der Waals surface area contributed by atoms with Gasteiger partial charge in [0, 0.05) is 25.3 Å². The van der Waals surface area contributed by atoms with E-state index in [-0.39, 0.29) is 17.7 Å². The van der Waals surface area contributed by atoms with Crippen LogP contribution in [0.25, 0.3) is 5.69 Å². The van der Waals surface area contributed by atoms with Crippen LogP contribution in [-0.2, 0) is 10.0 Å². The summed E-state index contributed by atoms with van der Waals surface area (Å²) < 4.78 is 26.9. The first-order chi connectivity index (χ1) is 12.0. The number of benzene rings is 1. The van der Waals surface area contributed by atoms with Crippen molar-refractivity contribution < 1.29 is 13.2 Å². The highest BCUT2D eigenvalue weighted by molar-refractivity contribution is 7.89. The van der Waals surface area contributed by atoms with E-state index in [9.17, 15) is 13.2 Å². The maximum Gasteiger partial charge on any atom is 0.254 e. The fourth-order valence-electron chi connectivity index (χ4n) is 2.89. The molecule has 1 N–H and O–H groups in total. The smallest absolute Gasteiger partial charge is 0.254 e. The lowest BCUT2D eigenvalue weighted by atomic mass is 10.1. The first kappa shape index (κ1) is 17.6. The molecule has 1 saturated heterocycles. The Labute approximate surface area is 147 Å². The normalized spacial score (nSPS) is 16.7. The Kier molecular flexibility index (Phi) is 5.19. The van der Waals surface area contributed by atoms with Gasteiger partial charge in [-0.2, -0.15) is 5.10 Å². The van der Waals surface area contributed by atoms with Gasteiger partial charge >= 0.3 is 0 Å². The summed E-state index contributed by atoms with van der Waals surface area (Å²) in [5, 5.41) is 7.20. The summed E-state index contributed by atoms with van der Waals surface area (Å²) in [6, 6.07) is 9.56. The molecule has 3 rings (SSSR count). The van der Waals surface area contributed by atoms with Crippen LogP contribution in [0.4, 0.5) is 0 Å². The van der Waals surface area contributed by atoms with E-state index >= 15 is 0 Å². The van der Waals surface area contributed by atoms with E-state index in [1.54, 1.807) is 24.0 Å². The van der Waals surface area contributed by atoms with Crippen molar-refractivity contribution in [2.24, 2.45) is 0 Å². The van der Waals surface area contributed by atoms with E-state index in [1.807, 2.05) is 30.3 Å². The largest absolute Gasteiger partial charge is 0.349 e. The average Bonchev–Trinajstić information content (AvgIpc) is 3.13. The van der Waals surface area contributed by atoms with E-state index in [4.69, 9.17) is 0 Å². The van der Waals surface area contributed by atoms with Crippen LogP contribution in [0.5, 0.6) is 0 Å². The minimum atomic E-state index is -3.15. The van der Waals surface area contributed by atoms with Gasteiger partial charge in [0.2, 0.25) is 10.0 Å². The number of nitrogens with zero attached hydrogens (tertiary/aromatic N) is 3. The van der Waals surface area contributed by atoms with E-state index in [0.29, 0.717) is 31.5 Å². The van der Waals surface area contributed by atoms with Gasteiger partial charge in [0.25, 0.3) is 5.91 Å². The lowest BCUT2D eigenvalue weighted by Crippen LogP contribution is -2.46. The molecule has 0 unspecified atom stereocenters. The molecule has 134 valence electrons. The van der Waals surface area contributed by atoms with Gasteiger partial charge in [-0.25, -0.2) is 17.4 Å². The van der Waals surface area contributed by atoms with Crippen molar-refractivity contribution in [3.63, 3.8) is 0 Å². The zero-order valence-electron chi connectivity index (χ0n) is 14.1.